The van der Waals surface area contributed by atoms with Crippen LogP contribution >= 0.6 is 0 Å². The van der Waals surface area contributed by atoms with Gasteiger partial charge >= 0.3 is 5.97 Å². The van der Waals surface area contributed by atoms with E-state index in [2.05, 4.69) is 0 Å². The zero-order valence-corrected chi connectivity index (χ0v) is 11.2. The Morgan fingerprint density at radius 3 is 2.68 bits per heavy atom. The van der Waals surface area contributed by atoms with Crippen molar-refractivity contribution in [3.63, 3.8) is 0 Å². The summed E-state index contributed by atoms with van der Waals surface area (Å²) in [4.78, 5) is 12.5. The molecule has 1 unspecified atom stereocenters. The van der Waals surface area contributed by atoms with Gasteiger partial charge < -0.3 is 10.0 Å². The summed E-state index contributed by atoms with van der Waals surface area (Å²) >= 11 is 0. The number of carbonyl (C=O) groups is 1. The predicted octanol–water partition coefficient (Wildman–Crippen LogP) is 1.15. The topological polar surface area (TPSA) is 74.7 Å². The lowest BCUT2D eigenvalue weighted by atomic mass is 10.1. The molecule has 0 saturated carbocycles. The van der Waals surface area contributed by atoms with E-state index in [-0.39, 0.29) is 28.8 Å². The summed E-state index contributed by atoms with van der Waals surface area (Å²) in [5, 5.41) is 9.07. The highest BCUT2D eigenvalue weighted by molar-refractivity contribution is 7.91. The first-order chi connectivity index (χ1) is 8.82. The van der Waals surface area contributed by atoms with Crippen molar-refractivity contribution in [3.05, 3.63) is 29.6 Å². The average Bonchev–Trinajstić information content (AvgIpc) is 2.68. The van der Waals surface area contributed by atoms with Crippen molar-refractivity contribution in [2.75, 3.05) is 23.5 Å². The van der Waals surface area contributed by atoms with Gasteiger partial charge in [-0.15, -0.1) is 0 Å². The third-order valence-electron chi connectivity index (χ3n) is 3.33. The van der Waals surface area contributed by atoms with E-state index in [1.807, 2.05) is 0 Å². The molecule has 0 aromatic heterocycles. The number of halogens is 1. The lowest BCUT2D eigenvalue weighted by molar-refractivity contribution is 0.0697. The maximum atomic E-state index is 13.9. The van der Waals surface area contributed by atoms with Gasteiger partial charge in [0.1, 0.15) is 5.82 Å². The molecule has 1 aromatic rings. The number of hydrogen-bond donors (Lipinski definition) is 1. The molecule has 1 saturated heterocycles. The van der Waals surface area contributed by atoms with Crippen LogP contribution in [0.1, 0.15) is 16.8 Å². The predicted molar refractivity (Wildman–Crippen MR) is 68.8 cm³/mol. The summed E-state index contributed by atoms with van der Waals surface area (Å²) < 4.78 is 36.7. The number of benzene rings is 1. The number of rotatable bonds is 3. The van der Waals surface area contributed by atoms with Crippen LogP contribution in [-0.2, 0) is 9.84 Å². The minimum absolute atomic E-state index is 0.0544. The summed E-state index contributed by atoms with van der Waals surface area (Å²) in [5.41, 5.74) is -0.219. The number of sulfone groups is 1. The lowest BCUT2D eigenvalue weighted by Crippen LogP contribution is -2.34. The van der Waals surface area contributed by atoms with E-state index >= 15 is 0 Å². The Bertz CT molecular complexity index is 614. The van der Waals surface area contributed by atoms with Gasteiger partial charge in [-0.1, -0.05) is 6.07 Å². The number of carboxylic acid groups (broad SMARTS) is 1. The van der Waals surface area contributed by atoms with Crippen molar-refractivity contribution in [2.45, 2.75) is 12.5 Å². The van der Waals surface area contributed by atoms with Gasteiger partial charge in [-0.05, 0) is 18.6 Å². The Morgan fingerprint density at radius 1 is 1.47 bits per heavy atom. The zero-order chi connectivity index (χ0) is 14.2. The standard InChI is InChI=1S/C12H14FNO4S/c1-14(8-5-6-19(17,18)7-8)11-9(12(15)16)3-2-4-10(11)13/h2-4,8H,5-7H2,1H3,(H,15,16). The second-order valence-electron chi connectivity index (χ2n) is 4.61. The minimum atomic E-state index is -3.11. The molecule has 1 atom stereocenters. The van der Waals surface area contributed by atoms with Crippen LogP contribution in [0, 0.1) is 5.82 Å². The second-order valence-corrected chi connectivity index (χ2v) is 6.84. The van der Waals surface area contributed by atoms with Crippen LogP contribution in [0.15, 0.2) is 18.2 Å². The maximum Gasteiger partial charge on any atom is 0.337 e. The summed E-state index contributed by atoms with van der Waals surface area (Å²) in [6.07, 6.45) is 0.381. The van der Waals surface area contributed by atoms with Gasteiger partial charge in [0.15, 0.2) is 9.84 Å². The molecular formula is C12H14FNO4S. The lowest BCUT2D eigenvalue weighted by Gasteiger charge is -2.27. The van der Waals surface area contributed by atoms with Gasteiger partial charge in [0, 0.05) is 13.1 Å². The maximum absolute atomic E-state index is 13.9. The van der Waals surface area contributed by atoms with Gasteiger partial charge in [-0.2, -0.15) is 0 Å². The highest BCUT2D eigenvalue weighted by atomic mass is 32.2. The molecule has 1 aliphatic rings. The Kier molecular flexibility index (Phi) is 3.49. The molecule has 0 spiro atoms. The molecule has 5 nitrogen and oxygen atoms in total. The van der Waals surface area contributed by atoms with E-state index < -0.39 is 21.6 Å². The molecule has 104 valence electrons. The van der Waals surface area contributed by atoms with Crippen molar-refractivity contribution in [1.29, 1.82) is 0 Å². The first kappa shape index (κ1) is 13.8. The summed E-state index contributed by atoms with van der Waals surface area (Å²) in [7, 11) is -1.58. The molecule has 1 heterocycles. The molecule has 0 bridgehead atoms. The summed E-state index contributed by atoms with van der Waals surface area (Å²) in [5.74, 6) is -1.91. The molecule has 0 radical (unpaired) electrons. The molecule has 1 aliphatic heterocycles. The van der Waals surface area contributed by atoms with Crippen LogP contribution in [0.2, 0.25) is 0 Å². The normalized spacial score (nSPS) is 21.3. The first-order valence-electron chi connectivity index (χ1n) is 5.77. The van der Waals surface area contributed by atoms with Crippen LogP contribution in [0.4, 0.5) is 10.1 Å². The fourth-order valence-corrected chi connectivity index (χ4v) is 4.08. The van der Waals surface area contributed by atoms with E-state index in [0.717, 1.165) is 0 Å². The summed E-state index contributed by atoms with van der Waals surface area (Å²) in [6, 6.07) is 3.41. The van der Waals surface area contributed by atoms with Gasteiger partial charge in [-0.25, -0.2) is 17.6 Å². The van der Waals surface area contributed by atoms with Crippen LogP contribution < -0.4 is 4.90 Å². The van der Waals surface area contributed by atoms with Crippen molar-refractivity contribution in [3.8, 4) is 0 Å². The zero-order valence-electron chi connectivity index (χ0n) is 10.3. The molecule has 1 aromatic carbocycles. The van der Waals surface area contributed by atoms with Crippen molar-refractivity contribution < 1.29 is 22.7 Å². The molecule has 7 heteroatoms. The fourth-order valence-electron chi connectivity index (χ4n) is 2.31. The summed E-state index contributed by atoms with van der Waals surface area (Å²) in [6.45, 7) is 0. The second kappa shape index (κ2) is 4.80. The monoisotopic (exact) mass is 287 g/mol. The van der Waals surface area contributed by atoms with Crippen LogP contribution in [-0.4, -0.2) is 44.1 Å². The molecule has 1 N–H and O–H groups in total. The van der Waals surface area contributed by atoms with Crippen LogP contribution in [0.3, 0.4) is 0 Å². The average molecular weight is 287 g/mol. The number of aromatic carboxylic acids is 1. The number of carboxylic acids is 1. The highest BCUT2D eigenvalue weighted by Gasteiger charge is 2.33. The van der Waals surface area contributed by atoms with Crippen molar-refractivity contribution >= 4 is 21.5 Å². The molecule has 0 amide bonds. The first-order valence-corrected chi connectivity index (χ1v) is 7.59. The van der Waals surface area contributed by atoms with E-state index in [9.17, 15) is 17.6 Å². The van der Waals surface area contributed by atoms with Crippen LogP contribution in [0.25, 0.3) is 0 Å². The van der Waals surface area contributed by atoms with E-state index in [1.54, 1.807) is 0 Å². The van der Waals surface area contributed by atoms with Crippen molar-refractivity contribution in [2.24, 2.45) is 0 Å². The van der Waals surface area contributed by atoms with Crippen molar-refractivity contribution in [1.82, 2.24) is 0 Å². The third-order valence-corrected chi connectivity index (χ3v) is 5.08. The Hall–Kier alpha value is -1.63. The number of nitrogens with zero attached hydrogens (tertiary/aromatic N) is 1. The quantitative estimate of drug-likeness (QED) is 0.902. The SMILES string of the molecule is CN(c1c(F)cccc1C(=O)O)C1CCS(=O)(=O)C1. The smallest absolute Gasteiger partial charge is 0.337 e. The Morgan fingerprint density at radius 2 is 2.16 bits per heavy atom. The highest BCUT2D eigenvalue weighted by Crippen LogP contribution is 2.28. The third kappa shape index (κ3) is 2.70. The minimum Gasteiger partial charge on any atom is -0.478 e. The molecule has 19 heavy (non-hydrogen) atoms. The molecule has 1 fully saturated rings. The number of para-hydroxylation sites is 1. The molecule has 0 aliphatic carbocycles. The van der Waals surface area contributed by atoms with Crippen LogP contribution in [0.5, 0.6) is 0 Å². The fraction of sp³-hybridized carbons (Fsp3) is 0.417. The van der Waals surface area contributed by atoms with Gasteiger partial charge in [0.2, 0.25) is 0 Å². The number of hydrogen-bond acceptors (Lipinski definition) is 4. The van der Waals surface area contributed by atoms with E-state index in [0.29, 0.717) is 6.42 Å². The van der Waals surface area contributed by atoms with E-state index in [4.69, 9.17) is 5.11 Å². The molecular weight excluding hydrogens is 273 g/mol. The van der Waals surface area contributed by atoms with Gasteiger partial charge in [0.25, 0.3) is 0 Å². The Labute approximate surface area is 110 Å². The largest absolute Gasteiger partial charge is 0.478 e. The Balaban J connectivity index is 2.39. The van der Waals surface area contributed by atoms with E-state index in [1.165, 1.54) is 30.1 Å². The van der Waals surface area contributed by atoms with Gasteiger partial charge in [-0.3, -0.25) is 0 Å². The molecule has 2 rings (SSSR count). The number of anilines is 1. The van der Waals surface area contributed by atoms with Gasteiger partial charge in [0.05, 0.1) is 22.8 Å².